The van der Waals surface area contributed by atoms with Crippen LogP contribution in [0.5, 0.6) is 5.75 Å². The zero-order chi connectivity index (χ0) is 23.3. The quantitative estimate of drug-likeness (QED) is 0.272. The SMILES string of the molecule is COc1ccc(NS(=O)(=O)c2cc([N+](=O)[O-])ccc2NN=C(C)c2ccccc2Cl)cc1. The van der Waals surface area contributed by atoms with Crippen LogP contribution in [0.4, 0.5) is 17.1 Å². The van der Waals surface area contributed by atoms with Crippen LogP contribution in [-0.2, 0) is 10.0 Å². The van der Waals surface area contributed by atoms with E-state index in [4.69, 9.17) is 16.3 Å². The molecular formula is C21H19ClN4O5S. The highest BCUT2D eigenvalue weighted by Gasteiger charge is 2.23. The molecule has 3 aromatic carbocycles. The Balaban J connectivity index is 1.97. The maximum absolute atomic E-state index is 13.0. The number of nitrogens with one attached hydrogen (secondary N) is 2. The molecule has 0 aliphatic rings. The van der Waals surface area contributed by atoms with E-state index < -0.39 is 14.9 Å². The van der Waals surface area contributed by atoms with Crippen LogP contribution in [0.2, 0.25) is 5.02 Å². The summed E-state index contributed by atoms with van der Waals surface area (Å²) in [4.78, 5) is 10.2. The summed E-state index contributed by atoms with van der Waals surface area (Å²) in [5, 5.41) is 15.9. The molecule has 32 heavy (non-hydrogen) atoms. The number of benzene rings is 3. The van der Waals surface area contributed by atoms with Crippen molar-refractivity contribution in [2.45, 2.75) is 11.8 Å². The van der Waals surface area contributed by atoms with Gasteiger partial charge in [-0.2, -0.15) is 5.10 Å². The number of rotatable bonds is 8. The van der Waals surface area contributed by atoms with E-state index in [-0.39, 0.29) is 22.0 Å². The fraction of sp³-hybridized carbons (Fsp3) is 0.0952. The number of nitro groups is 1. The van der Waals surface area contributed by atoms with E-state index in [0.717, 1.165) is 6.07 Å². The Labute approximate surface area is 189 Å². The summed E-state index contributed by atoms with van der Waals surface area (Å²) in [6.07, 6.45) is 0. The minimum Gasteiger partial charge on any atom is -0.497 e. The molecule has 166 valence electrons. The van der Waals surface area contributed by atoms with E-state index in [9.17, 15) is 18.5 Å². The van der Waals surface area contributed by atoms with Crippen molar-refractivity contribution in [3.8, 4) is 5.75 Å². The molecule has 0 heterocycles. The van der Waals surface area contributed by atoms with Gasteiger partial charge < -0.3 is 4.74 Å². The van der Waals surface area contributed by atoms with Gasteiger partial charge in [0.05, 0.1) is 23.4 Å². The fourth-order valence-corrected chi connectivity index (χ4v) is 4.28. The fourth-order valence-electron chi connectivity index (χ4n) is 2.77. The minimum absolute atomic E-state index is 0.0583. The van der Waals surface area contributed by atoms with Gasteiger partial charge in [0, 0.05) is 28.4 Å². The van der Waals surface area contributed by atoms with Crippen LogP contribution >= 0.6 is 11.6 Å². The number of ether oxygens (including phenoxy) is 1. The molecule has 0 unspecified atom stereocenters. The van der Waals surface area contributed by atoms with Crippen LogP contribution in [-0.4, -0.2) is 26.2 Å². The zero-order valence-electron chi connectivity index (χ0n) is 17.1. The first-order chi connectivity index (χ1) is 15.2. The lowest BCUT2D eigenvalue weighted by Gasteiger charge is -2.13. The highest BCUT2D eigenvalue weighted by atomic mass is 35.5. The molecule has 0 saturated heterocycles. The van der Waals surface area contributed by atoms with Gasteiger partial charge in [0.15, 0.2) is 0 Å². The van der Waals surface area contributed by atoms with E-state index in [1.807, 2.05) is 0 Å². The summed E-state index contributed by atoms with van der Waals surface area (Å²) in [5.74, 6) is 0.551. The number of non-ortho nitro benzene ring substituents is 1. The van der Waals surface area contributed by atoms with Gasteiger partial charge in [0.2, 0.25) is 0 Å². The Morgan fingerprint density at radius 1 is 1.09 bits per heavy atom. The monoisotopic (exact) mass is 474 g/mol. The number of halogens is 1. The molecule has 0 aliphatic carbocycles. The number of hydrazone groups is 1. The van der Waals surface area contributed by atoms with Crippen molar-refractivity contribution in [1.82, 2.24) is 0 Å². The molecule has 2 N–H and O–H groups in total. The summed E-state index contributed by atoms with van der Waals surface area (Å²) < 4.78 is 33.6. The average Bonchev–Trinajstić information content (AvgIpc) is 2.78. The number of hydrogen-bond acceptors (Lipinski definition) is 7. The second kappa shape index (κ2) is 9.67. The minimum atomic E-state index is -4.19. The number of sulfonamides is 1. The van der Waals surface area contributed by atoms with Gasteiger partial charge in [0.25, 0.3) is 15.7 Å². The van der Waals surface area contributed by atoms with Crippen LogP contribution in [0, 0.1) is 10.1 Å². The van der Waals surface area contributed by atoms with Gasteiger partial charge in [-0.15, -0.1) is 0 Å². The molecule has 3 aromatic rings. The van der Waals surface area contributed by atoms with Gasteiger partial charge in [-0.3, -0.25) is 20.3 Å². The third-order valence-electron chi connectivity index (χ3n) is 4.42. The number of nitro benzene ring substituents is 1. The van der Waals surface area contributed by atoms with Crippen molar-refractivity contribution in [3.05, 3.63) is 87.4 Å². The third-order valence-corrected chi connectivity index (χ3v) is 6.17. The van der Waals surface area contributed by atoms with Crippen LogP contribution in [0.3, 0.4) is 0 Å². The van der Waals surface area contributed by atoms with Gasteiger partial charge in [-0.1, -0.05) is 29.8 Å². The van der Waals surface area contributed by atoms with Crippen molar-refractivity contribution in [2.75, 3.05) is 17.3 Å². The molecule has 9 nitrogen and oxygen atoms in total. The topological polar surface area (TPSA) is 123 Å². The van der Waals surface area contributed by atoms with Gasteiger partial charge >= 0.3 is 0 Å². The molecule has 11 heteroatoms. The van der Waals surface area contributed by atoms with Crippen molar-refractivity contribution in [3.63, 3.8) is 0 Å². The van der Waals surface area contributed by atoms with Crippen LogP contribution in [0.15, 0.2) is 76.7 Å². The van der Waals surface area contributed by atoms with Crippen LogP contribution in [0.1, 0.15) is 12.5 Å². The normalized spacial score (nSPS) is 11.7. The first kappa shape index (κ1) is 23.0. The Hall–Kier alpha value is -3.63. The molecule has 0 saturated carbocycles. The van der Waals surface area contributed by atoms with Gasteiger partial charge in [0.1, 0.15) is 10.6 Å². The average molecular weight is 475 g/mol. The molecule has 0 amide bonds. The second-order valence-corrected chi connectivity index (χ2v) is 8.62. The summed E-state index contributed by atoms with van der Waals surface area (Å²) >= 11 is 6.17. The standard InChI is InChI=1S/C21H19ClN4O5S/c1-14(18-5-3-4-6-19(18)22)23-24-20-12-9-16(26(27)28)13-21(20)32(29,30)25-15-7-10-17(31-2)11-8-15/h3-13,24-25H,1-2H3. The maximum Gasteiger partial charge on any atom is 0.270 e. The van der Waals surface area contributed by atoms with Crippen LogP contribution in [0.25, 0.3) is 0 Å². The first-order valence-electron chi connectivity index (χ1n) is 9.22. The molecule has 0 radical (unpaired) electrons. The maximum atomic E-state index is 13.0. The van der Waals surface area contributed by atoms with Gasteiger partial charge in [-0.25, -0.2) is 8.42 Å². The number of nitrogens with zero attached hydrogens (tertiary/aromatic N) is 2. The predicted molar refractivity (Wildman–Crippen MR) is 124 cm³/mol. The third kappa shape index (κ3) is 5.34. The molecule has 0 aromatic heterocycles. The molecular weight excluding hydrogens is 456 g/mol. The van der Waals surface area contributed by atoms with E-state index in [2.05, 4.69) is 15.2 Å². The molecule has 0 atom stereocenters. The molecule has 0 aliphatic heterocycles. The van der Waals surface area contributed by atoms with E-state index in [0.29, 0.717) is 22.0 Å². The van der Waals surface area contributed by atoms with E-state index in [1.165, 1.54) is 31.4 Å². The lowest BCUT2D eigenvalue weighted by Crippen LogP contribution is -2.15. The number of anilines is 2. The largest absolute Gasteiger partial charge is 0.497 e. The Bertz CT molecular complexity index is 1280. The summed E-state index contributed by atoms with van der Waals surface area (Å²) in [7, 11) is -2.70. The summed E-state index contributed by atoms with van der Waals surface area (Å²) in [6.45, 7) is 1.70. The highest BCUT2D eigenvalue weighted by Crippen LogP contribution is 2.29. The molecule has 0 spiro atoms. The lowest BCUT2D eigenvalue weighted by molar-refractivity contribution is -0.385. The van der Waals surface area contributed by atoms with Crippen molar-refractivity contribution >= 4 is 44.4 Å². The second-order valence-electron chi connectivity index (χ2n) is 6.56. The van der Waals surface area contributed by atoms with Crippen LogP contribution < -0.4 is 14.9 Å². The molecule has 3 rings (SSSR count). The Morgan fingerprint density at radius 2 is 1.78 bits per heavy atom. The van der Waals surface area contributed by atoms with Crippen molar-refractivity contribution in [2.24, 2.45) is 5.10 Å². The van der Waals surface area contributed by atoms with E-state index in [1.54, 1.807) is 43.3 Å². The predicted octanol–water partition coefficient (Wildman–Crippen LogP) is 4.89. The molecule has 0 bridgehead atoms. The Morgan fingerprint density at radius 3 is 2.41 bits per heavy atom. The smallest absolute Gasteiger partial charge is 0.270 e. The zero-order valence-corrected chi connectivity index (χ0v) is 18.6. The Kier molecular flexibility index (Phi) is 6.96. The number of hydrogen-bond donors (Lipinski definition) is 2. The number of methoxy groups -OCH3 is 1. The summed E-state index contributed by atoms with van der Waals surface area (Å²) in [5.41, 5.74) is 3.78. The lowest BCUT2D eigenvalue weighted by atomic mass is 10.1. The van der Waals surface area contributed by atoms with Crippen molar-refractivity contribution < 1.29 is 18.1 Å². The van der Waals surface area contributed by atoms with E-state index >= 15 is 0 Å². The molecule has 0 fully saturated rings. The first-order valence-corrected chi connectivity index (χ1v) is 11.1. The van der Waals surface area contributed by atoms with Crippen molar-refractivity contribution in [1.29, 1.82) is 0 Å². The van der Waals surface area contributed by atoms with Gasteiger partial charge in [-0.05, 0) is 43.3 Å². The summed E-state index contributed by atoms with van der Waals surface area (Å²) in [6, 6.07) is 16.7. The highest BCUT2D eigenvalue weighted by molar-refractivity contribution is 7.92.